The van der Waals surface area contributed by atoms with Crippen LogP contribution in [0.5, 0.6) is 5.75 Å². The van der Waals surface area contributed by atoms with Gasteiger partial charge in [-0.3, -0.25) is 0 Å². The number of hydrogen-bond acceptors (Lipinski definition) is 4. The van der Waals surface area contributed by atoms with Crippen molar-refractivity contribution in [2.24, 2.45) is 0 Å². The fraction of sp³-hybridized carbons (Fsp3) is 0.0833. The molecule has 0 unspecified atom stereocenters. The molecule has 1 heterocycles. The van der Waals surface area contributed by atoms with Crippen molar-refractivity contribution in [3.8, 4) is 5.75 Å². The standard InChI is InChI=1S/C12H9BrN2O3/c13-9-2-1-3-10(4-9)18-7-11-14-5-8(6-15-11)12(16)17/h1-6H,7H2,(H,16,17). The van der Waals surface area contributed by atoms with E-state index in [0.717, 1.165) is 4.47 Å². The maximum absolute atomic E-state index is 10.6. The average molecular weight is 309 g/mol. The molecule has 0 radical (unpaired) electrons. The van der Waals surface area contributed by atoms with Crippen LogP contribution in [0.2, 0.25) is 0 Å². The molecule has 5 nitrogen and oxygen atoms in total. The number of carboxylic acids is 1. The van der Waals surface area contributed by atoms with Gasteiger partial charge in [-0.1, -0.05) is 22.0 Å². The Morgan fingerprint density at radius 3 is 2.67 bits per heavy atom. The highest BCUT2D eigenvalue weighted by Gasteiger charge is 2.04. The maximum Gasteiger partial charge on any atom is 0.338 e. The van der Waals surface area contributed by atoms with E-state index in [0.29, 0.717) is 11.6 Å². The van der Waals surface area contributed by atoms with Crippen LogP contribution in [-0.4, -0.2) is 21.0 Å². The molecule has 92 valence electrons. The van der Waals surface area contributed by atoms with Crippen LogP contribution in [0.15, 0.2) is 41.1 Å². The quantitative estimate of drug-likeness (QED) is 0.939. The maximum atomic E-state index is 10.6. The van der Waals surface area contributed by atoms with Crippen molar-refractivity contribution in [1.82, 2.24) is 9.97 Å². The number of aromatic carboxylic acids is 1. The molecule has 0 saturated heterocycles. The Morgan fingerprint density at radius 2 is 2.06 bits per heavy atom. The topological polar surface area (TPSA) is 72.3 Å². The van der Waals surface area contributed by atoms with Gasteiger partial charge in [0.1, 0.15) is 12.4 Å². The van der Waals surface area contributed by atoms with Crippen molar-refractivity contribution in [2.45, 2.75) is 6.61 Å². The Morgan fingerprint density at radius 1 is 1.33 bits per heavy atom. The summed E-state index contributed by atoms with van der Waals surface area (Å²) in [6.07, 6.45) is 2.52. The van der Waals surface area contributed by atoms with Crippen molar-refractivity contribution in [1.29, 1.82) is 0 Å². The lowest BCUT2D eigenvalue weighted by molar-refractivity contribution is 0.0695. The first-order valence-electron chi connectivity index (χ1n) is 5.08. The number of carboxylic acid groups (broad SMARTS) is 1. The zero-order chi connectivity index (χ0) is 13.0. The van der Waals surface area contributed by atoms with Crippen LogP contribution in [0.1, 0.15) is 16.2 Å². The smallest absolute Gasteiger partial charge is 0.338 e. The monoisotopic (exact) mass is 308 g/mol. The Labute approximate surface area is 112 Å². The van der Waals surface area contributed by atoms with E-state index in [4.69, 9.17) is 9.84 Å². The first-order valence-corrected chi connectivity index (χ1v) is 5.87. The second-order valence-corrected chi connectivity index (χ2v) is 4.35. The third-order valence-corrected chi connectivity index (χ3v) is 2.61. The van der Waals surface area contributed by atoms with Gasteiger partial charge < -0.3 is 9.84 Å². The van der Waals surface area contributed by atoms with E-state index in [1.54, 1.807) is 0 Å². The molecule has 0 bridgehead atoms. The molecule has 0 spiro atoms. The number of nitrogens with zero attached hydrogens (tertiary/aromatic N) is 2. The molecule has 0 saturated carbocycles. The highest BCUT2D eigenvalue weighted by molar-refractivity contribution is 9.10. The summed E-state index contributed by atoms with van der Waals surface area (Å²) >= 11 is 3.34. The van der Waals surface area contributed by atoms with Crippen molar-refractivity contribution < 1.29 is 14.6 Å². The van der Waals surface area contributed by atoms with Gasteiger partial charge in [0.05, 0.1) is 5.56 Å². The number of carbonyl (C=O) groups is 1. The molecule has 0 atom stereocenters. The van der Waals surface area contributed by atoms with Crippen LogP contribution >= 0.6 is 15.9 Å². The first kappa shape index (κ1) is 12.5. The fourth-order valence-electron chi connectivity index (χ4n) is 1.24. The second-order valence-electron chi connectivity index (χ2n) is 3.44. The van der Waals surface area contributed by atoms with Gasteiger partial charge in [-0.05, 0) is 18.2 Å². The molecule has 2 rings (SSSR count). The lowest BCUT2D eigenvalue weighted by Gasteiger charge is -2.05. The van der Waals surface area contributed by atoms with E-state index in [-0.39, 0.29) is 12.2 Å². The predicted molar refractivity (Wildman–Crippen MR) is 67.5 cm³/mol. The van der Waals surface area contributed by atoms with Gasteiger partial charge in [0.25, 0.3) is 0 Å². The van der Waals surface area contributed by atoms with Crippen LogP contribution in [-0.2, 0) is 6.61 Å². The van der Waals surface area contributed by atoms with E-state index in [2.05, 4.69) is 25.9 Å². The number of halogens is 1. The zero-order valence-electron chi connectivity index (χ0n) is 9.21. The van der Waals surface area contributed by atoms with Crippen molar-refractivity contribution in [3.63, 3.8) is 0 Å². The number of benzene rings is 1. The molecular formula is C12H9BrN2O3. The van der Waals surface area contributed by atoms with Crippen molar-refractivity contribution in [3.05, 3.63) is 52.5 Å². The highest BCUT2D eigenvalue weighted by Crippen LogP contribution is 2.18. The molecule has 0 aliphatic heterocycles. The summed E-state index contributed by atoms with van der Waals surface area (Å²) in [5.74, 6) is 0.0738. The summed E-state index contributed by atoms with van der Waals surface area (Å²) < 4.78 is 6.39. The van der Waals surface area contributed by atoms with Gasteiger partial charge in [-0.2, -0.15) is 0 Å². The van der Waals surface area contributed by atoms with Gasteiger partial charge in [0.15, 0.2) is 5.82 Å². The number of ether oxygens (including phenoxy) is 1. The third-order valence-electron chi connectivity index (χ3n) is 2.12. The molecule has 0 aliphatic rings. The van der Waals surface area contributed by atoms with Crippen LogP contribution < -0.4 is 4.74 Å². The minimum Gasteiger partial charge on any atom is -0.486 e. The Kier molecular flexibility index (Phi) is 3.88. The molecule has 2 aromatic rings. The van der Waals surface area contributed by atoms with E-state index in [9.17, 15) is 4.79 Å². The minimum atomic E-state index is -1.05. The summed E-state index contributed by atoms with van der Waals surface area (Å²) in [4.78, 5) is 18.4. The largest absolute Gasteiger partial charge is 0.486 e. The van der Waals surface area contributed by atoms with Crippen LogP contribution in [0, 0.1) is 0 Å². The van der Waals surface area contributed by atoms with Gasteiger partial charge in [0, 0.05) is 16.9 Å². The molecule has 1 aromatic carbocycles. The van der Waals surface area contributed by atoms with Gasteiger partial charge >= 0.3 is 5.97 Å². The van der Waals surface area contributed by atoms with E-state index in [1.165, 1.54) is 12.4 Å². The predicted octanol–water partition coefficient (Wildman–Crippen LogP) is 2.52. The minimum absolute atomic E-state index is 0.0567. The van der Waals surface area contributed by atoms with Crippen LogP contribution in [0.3, 0.4) is 0 Å². The summed E-state index contributed by atoms with van der Waals surface area (Å²) in [6.45, 7) is 0.191. The molecule has 18 heavy (non-hydrogen) atoms. The molecular weight excluding hydrogens is 300 g/mol. The van der Waals surface area contributed by atoms with Gasteiger partial charge in [-0.15, -0.1) is 0 Å². The molecule has 1 N–H and O–H groups in total. The Bertz CT molecular complexity index is 558. The average Bonchev–Trinajstić information content (AvgIpc) is 2.37. The summed E-state index contributed by atoms with van der Waals surface area (Å²) in [5.41, 5.74) is 0.0567. The zero-order valence-corrected chi connectivity index (χ0v) is 10.8. The van der Waals surface area contributed by atoms with E-state index < -0.39 is 5.97 Å². The van der Waals surface area contributed by atoms with Gasteiger partial charge in [0.2, 0.25) is 0 Å². The van der Waals surface area contributed by atoms with Crippen molar-refractivity contribution in [2.75, 3.05) is 0 Å². The number of hydrogen-bond donors (Lipinski definition) is 1. The molecule has 6 heteroatoms. The fourth-order valence-corrected chi connectivity index (χ4v) is 1.62. The third kappa shape index (κ3) is 3.27. The Balaban J connectivity index is 2.00. The van der Waals surface area contributed by atoms with Gasteiger partial charge in [-0.25, -0.2) is 14.8 Å². The lowest BCUT2D eigenvalue weighted by atomic mass is 10.3. The Hall–Kier alpha value is -1.95. The molecule has 0 fully saturated rings. The second kappa shape index (κ2) is 5.59. The summed E-state index contributed by atoms with van der Waals surface area (Å²) in [6, 6.07) is 7.39. The molecule has 0 amide bonds. The highest BCUT2D eigenvalue weighted by atomic mass is 79.9. The number of aromatic nitrogens is 2. The normalized spacial score (nSPS) is 10.1. The van der Waals surface area contributed by atoms with Crippen molar-refractivity contribution >= 4 is 21.9 Å². The molecule has 1 aromatic heterocycles. The van der Waals surface area contributed by atoms with Crippen LogP contribution in [0.25, 0.3) is 0 Å². The summed E-state index contributed by atoms with van der Waals surface area (Å²) in [5, 5.41) is 8.70. The lowest BCUT2D eigenvalue weighted by Crippen LogP contribution is -2.04. The SMILES string of the molecule is O=C(O)c1cnc(COc2cccc(Br)c2)nc1. The van der Waals surface area contributed by atoms with Crippen LogP contribution in [0.4, 0.5) is 0 Å². The number of rotatable bonds is 4. The van der Waals surface area contributed by atoms with E-state index in [1.807, 2.05) is 24.3 Å². The van der Waals surface area contributed by atoms with E-state index >= 15 is 0 Å². The first-order chi connectivity index (χ1) is 8.65. The molecule has 0 aliphatic carbocycles. The summed E-state index contributed by atoms with van der Waals surface area (Å²) in [7, 11) is 0.